The van der Waals surface area contributed by atoms with Crippen LogP contribution in [-0.4, -0.2) is 18.3 Å². The van der Waals surface area contributed by atoms with Crippen LogP contribution in [0.25, 0.3) is 0 Å². The summed E-state index contributed by atoms with van der Waals surface area (Å²) in [5.41, 5.74) is 1.10. The first-order valence-corrected chi connectivity index (χ1v) is 7.23. The van der Waals surface area contributed by atoms with E-state index in [4.69, 9.17) is 4.74 Å². The monoisotopic (exact) mass is 365 g/mol. The molecule has 0 aliphatic rings. The molecular weight excluding hydrogens is 353 g/mol. The number of halogens is 2. The van der Waals surface area contributed by atoms with E-state index >= 15 is 0 Å². The summed E-state index contributed by atoms with van der Waals surface area (Å²) >= 11 is 3.14. The van der Waals surface area contributed by atoms with Crippen LogP contribution >= 0.6 is 15.9 Å². The minimum absolute atomic E-state index is 0.00489. The third-order valence-electron chi connectivity index (χ3n) is 2.83. The maximum absolute atomic E-state index is 13.5. The van der Waals surface area contributed by atoms with Gasteiger partial charge in [-0.15, -0.1) is 0 Å². The third kappa shape index (κ3) is 4.39. The van der Waals surface area contributed by atoms with Crippen molar-refractivity contribution in [1.82, 2.24) is 0 Å². The lowest BCUT2D eigenvalue weighted by atomic mass is 10.1. The number of carbonyl (C=O) groups is 2. The number of nitrogens with one attached hydrogen (secondary N) is 1. The first-order valence-electron chi connectivity index (χ1n) is 6.44. The van der Waals surface area contributed by atoms with Crippen molar-refractivity contribution in [2.75, 3.05) is 11.9 Å². The number of Topliss-reactive ketones (excluding diaryl/α,β-unsaturated/α-hetero) is 1. The number of amides is 1. The molecule has 2 aromatic rings. The molecule has 2 rings (SSSR count). The molecule has 0 saturated carbocycles. The Morgan fingerprint density at radius 3 is 2.45 bits per heavy atom. The lowest BCUT2D eigenvalue weighted by Crippen LogP contribution is -2.20. The van der Waals surface area contributed by atoms with Crippen LogP contribution in [0, 0.1) is 5.82 Å². The van der Waals surface area contributed by atoms with Crippen LogP contribution in [-0.2, 0) is 4.79 Å². The van der Waals surface area contributed by atoms with Gasteiger partial charge in [-0.05, 0) is 49.4 Å². The van der Waals surface area contributed by atoms with Gasteiger partial charge < -0.3 is 10.1 Å². The molecule has 0 bridgehead atoms. The number of hydrogen-bond donors (Lipinski definition) is 1. The van der Waals surface area contributed by atoms with Gasteiger partial charge in [-0.2, -0.15) is 0 Å². The number of ether oxygens (including phenoxy) is 1. The number of hydrogen-bond acceptors (Lipinski definition) is 3. The third-order valence-corrected chi connectivity index (χ3v) is 3.32. The summed E-state index contributed by atoms with van der Waals surface area (Å²) in [4.78, 5) is 22.9. The standard InChI is InChI=1S/C16H13BrFNO3/c1-10(20)11-2-5-13(6-3-11)19-16(21)9-22-15-7-4-12(17)8-14(15)18/h2-8H,9H2,1H3,(H,19,21). The summed E-state index contributed by atoms with van der Waals surface area (Å²) in [6.07, 6.45) is 0. The normalized spacial score (nSPS) is 10.1. The highest BCUT2D eigenvalue weighted by molar-refractivity contribution is 9.10. The second kappa shape index (κ2) is 7.17. The van der Waals surface area contributed by atoms with Crippen LogP contribution in [0.3, 0.4) is 0 Å². The summed E-state index contributed by atoms with van der Waals surface area (Å²) in [6, 6.07) is 10.8. The molecule has 2 aromatic carbocycles. The Labute approximate surface area is 135 Å². The van der Waals surface area contributed by atoms with Gasteiger partial charge in [0.15, 0.2) is 24.0 Å². The van der Waals surface area contributed by atoms with E-state index in [0.29, 0.717) is 15.7 Å². The Kier molecular flexibility index (Phi) is 5.27. The zero-order valence-electron chi connectivity index (χ0n) is 11.7. The topological polar surface area (TPSA) is 55.4 Å². The molecule has 0 radical (unpaired) electrons. The number of benzene rings is 2. The van der Waals surface area contributed by atoms with Gasteiger partial charge in [-0.1, -0.05) is 15.9 Å². The number of carbonyl (C=O) groups excluding carboxylic acids is 2. The van der Waals surface area contributed by atoms with E-state index in [0.717, 1.165) is 0 Å². The van der Waals surface area contributed by atoms with Gasteiger partial charge in [-0.25, -0.2) is 4.39 Å². The van der Waals surface area contributed by atoms with E-state index < -0.39 is 11.7 Å². The molecule has 0 fully saturated rings. The molecule has 0 unspecified atom stereocenters. The largest absolute Gasteiger partial charge is 0.481 e. The van der Waals surface area contributed by atoms with Crippen molar-refractivity contribution in [3.8, 4) is 5.75 Å². The van der Waals surface area contributed by atoms with Crippen molar-refractivity contribution in [2.24, 2.45) is 0 Å². The summed E-state index contributed by atoms with van der Waals surface area (Å²) in [6.45, 7) is 1.15. The molecule has 0 aliphatic carbocycles. The molecule has 1 N–H and O–H groups in total. The first-order chi connectivity index (χ1) is 10.5. The quantitative estimate of drug-likeness (QED) is 0.819. The van der Waals surface area contributed by atoms with Crippen molar-refractivity contribution in [3.05, 3.63) is 58.3 Å². The predicted molar refractivity (Wildman–Crippen MR) is 84.7 cm³/mol. The summed E-state index contributed by atoms with van der Waals surface area (Å²) in [7, 11) is 0. The maximum Gasteiger partial charge on any atom is 0.262 e. The molecule has 0 aliphatic heterocycles. The molecule has 0 aromatic heterocycles. The molecule has 0 heterocycles. The Morgan fingerprint density at radius 1 is 1.18 bits per heavy atom. The van der Waals surface area contributed by atoms with Crippen LogP contribution < -0.4 is 10.1 Å². The summed E-state index contributed by atoms with van der Waals surface area (Å²) in [5.74, 6) is -1.01. The molecule has 0 saturated heterocycles. The van der Waals surface area contributed by atoms with Gasteiger partial charge >= 0.3 is 0 Å². The fourth-order valence-corrected chi connectivity index (χ4v) is 2.05. The van der Waals surface area contributed by atoms with Gasteiger partial charge in [0.2, 0.25) is 0 Å². The van der Waals surface area contributed by atoms with Crippen molar-refractivity contribution in [2.45, 2.75) is 6.92 Å². The molecule has 0 spiro atoms. The van der Waals surface area contributed by atoms with Crippen molar-refractivity contribution < 1.29 is 18.7 Å². The predicted octanol–water partition coefficient (Wildman–Crippen LogP) is 3.81. The molecule has 6 heteroatoms. The Bertz CT molecular complexity index is 701. The zero-order valence-corrected chi connectivity index (χ0v) is 13.3. The van der Waals surface area contributed by atoms with Crippen LogP contribution in [0.1, 0.15) is 17.3 Å². The molecule has 114 valence electrons. The molecule has 0 atom stereocenters. The van der Waals surface area contributed by atoms with Crippen molar-refractivity contribution >= 4 is 33.3 Å². The summed E-state index contributed by atoms with van der Waals surface area (Å²) in [5, 5.41) is 2.60. The van der Waals surface area contributed by atoms with Gasteiger partial charge in [-0.3, -0.25) is 9.59 Å². The Balaban J connectivity index is 1.91. The first kappa shape index (κ1) is 16.2. The second-order valence-corrected chi connectivity index (χ2v) is 5.46. The van der Waals surface area contributed by atoms with E-state index in [2.05, 4.69) is 21.2 Å². The van der Waals surface area contributed by atoms with Gasteiger partial charge in [0, 0.05) is 15.7 Å². The smallest absolute Gasteiger partial charge is 0.262 e. The van der Waals surface area contributed by atoms with Crippen molar-refractivity contribution in [1.29, 1.82) is 0 Å². The van der Waals surface area contributed by atoms with Crippen molar-refractivity contribution in [3.63, 3.8) is 0 Å². The highest BCUT2D eigenvalue weighted by atomic mass is 79.9. The average Bonchev–Trinajstić information content (AvgIpc) is 2.47. The maximum atomic E-state index is 13.5. The number of ketones is 1. The lowest BCUT2D eigenvalue weighted by molar-refractivity contribution is -0.118. The van der Waals surface area contributed by atoms with E-state index in [1.54, 1.807) is 30.3 Å². The minimum atomic E-state index is -0.548. The van der Waals surface area contributed by atoms with Crippen LogP contribution in [0.4, 0.5) is 10.1 Å². The van der Waals surface area contributed by atoms with E-state index in [-0.39, 0.29) is 18.1 Å². The SMILES string of the molecule is CC(=O)c1ccc(NC(=O)COc2ccc(Br)cc2F)cc1. The van der Waals surface area contributed by atoms with Gasteiger partial charge in [0.05, 0.1) is 0 Å². The fraction of sp³-hybridized carbons (Fsp3) is 0.125. The molecular formula is C16H13BrFNO3. The van der Waals surface area contributed by atoms with E-state index in [1.165, 1.54) is 19.1 Å². The number of rotatable bonds is 5. The molecule has 4 nitrogen and oxygen atoms in total. The van der Waals surface area contributed by atoms with Gasteiger partial charge in [0.1, 0.15) is 0 Å². The minimum Gasteiger partial charge on any atom is -0.481 e. The molecule has 22 heavy (non-hydrogen) atoms. The van der Waals surface area contributed by atoms with Crippen LogP contribution in [0.2, 0.25) is 0 Å². The zero-order chi connectivity index (χ0) is 16.1. The number of anilines is 1. The fourth-order valence-electron chi connectivity index (χ4n) is 1.72. The van der Waals surface area contributed by atoms with E-state index in [1.807, 2.05) is 0 Å². The lowest BCUT2D eigenvalue weighted by Gasteiger charge is -2.08. The van der Waals surface area contributed by atoms with Crippen LogP contribution in [0.15, 0.2) is 46.9 Å². The average molecular weight is 366 g/mol. The Hall–Kier alpha value is -2.21. The second-order valence-electron chi connectivity index (χ2n) is 4.55. The van der Waals surface area contributed by atoms with E-state index in [9.17, 15) is 14.0 Å². The van der Waals surface area contributed by atoms with Gasteiger partial charge in [0.25, 0.3) is 5.91 Å². The highest BCUT2D eigenvalue weighted by Crippen LogP contribution is 2.21. The Morgan fingerprint density at radius 2 is 1.86 bits per heavy atom. The highest BCUT2D eigenvalue weighted by Gasteiger charge is 2.08. The van der Waals surface area contributed by atoms with Crippen LogP contribution in [0.5, 0.6) is 5.75 Å². The summed E-state index contributed by atoms with van der Waals surface area (Å²) < 4.78 is 19.2. The molecule has 1 amide bonds.